The number of unbranched alkanes of at least 4 members (excludes halogenated alkanes) is 1. The molecule has 0 saturated carbocycles. The van der Waals surface area contributed by atoms with Gasteiger partial charge in [-0.3, -0.25) is 0 Å². The second-order valence-electron chi connectivity index (χ2n) is 4.92. The van der Waals surface area contributed by atoms with E-state index >= 15 is 0 Å². The lowest BCUT2D eigenvalue weighted by Gasteiger charge is -2.10. The van der Waals surface area contributed by atoms with Gasteiger partial charge in [0.25, 0.3) is 0 Å². The topological polar surface area (TPSA) is 55.4 Å². The minimum absolute atomic E-state index is 0.274. The van der Waals surface area contributed by atoms with Crippen molar-refractivity contribution in [1.82, 2.24) is 4.72 Å². The Morgan fingerprint density at radius 1 is 1.21 bits per heavy atom. The molecule has 1 aromatic carbocycles. The quantitative estimate of drug-likeness (QED) is 0.747. The van der Waals surface area contributed by atoms with Crippen molar-refractivity contribution in [3.8, 4) is 5.75 Å². The molecule has 0 spiro atoms. The highest BCUT2D eigenvalue weighted by Crippen LogP contribution is 2.16. The monoisotopic (exact) mass is 285 g/mol. The van der Waals surface area contributed by atoms with E-state index in [9.17, 15) is 8.42 Å². The Kier molecular flexibility index (Phi) is 6.31. The lowest BCUT2D eigenvalue weighted by atomic mass is 10.2. The van der Waals surface area contributed by atoms with E-state index in [1.54, 1.807) is 24.3 Å². The highest BCUT2D eigenvalue weighted by molar-refractivity contribution is 7.89. The number of nitrogens with one attached hydrogen (secondary N) is 1. The molecule has 4 nitrogen and oxygen atoms in total. The summed E-state index contributed by atoms with van der Waals surface area (Å²) >= 11 is 0. The predicted molar refractivity (Wildman–Crippen MR) is 76.9 cm³/mol. The zero-order valence-electron chi connectivity index (χ0n) is 11.8. The molecule has 0 aliphatic heterocycles. The maximum absolute atomic E-state index is 12.0. The third-order valence-electron chi connectivity index (χ3n) is 2.58. The van der Waals surface area contributed by atoms with Crippen molar-refractivity contribution < 1.29 is 13.2 Å². The molecule has 0 heterocycles. The van der Waals surface area contributed by atoms with Crippen LogP contribution >= 0.6 is 0 Å². The average molecular weight is 285 g/mol. The first-order chi connectivity index (χ1) is 8.95. The van der Waals surface area contributed by atoms with Gasteiger partial charge in [-0.1, -0.05) is 27.2 Å². The van der Waals surface area contributed by atoms with Crippen molar-refractivity contribution >= 4 is 10.0 Å². The normalized spacial score (nSPS) is 11.8. The van der Waals surface area contributed by atoms with E-state index in [0.29, 0.717) is 18.9 Å². The molecule has 1 N–H and O–H groups in total. The summed E-state index contributed by atoms with van der Waals surface area (Å²) in [5, 5.41) is 0. The minimum atomic E-state index is -3.40. The van der Waals surface area contributed by atoms with Gasteiger partial charge in [-0.25, -0.2) is 13.1 Å². The van der Waals surface area contributed by atoms with Crippen LogP contribution in [0.5, 0.6) is 5.75 Å². The van der Waals surface area contributed by atoms with Crippen LogP contribution in [0.15, 0.2) is 29.2 Å². The molecule has 0 saturated heterocycles. The first-order valence-electron chi connectivity index (χ1n) is 6.68. The fourth-order valence-electron chi connectivity index (χ4n) is 1.41. The first-order valence-corrected chi connectivity index (χ1v) is 8.16. The summed E-state index contributed by atoms with van der Waals surface area (Å²) in [5.74, 6) is 0.989. The number of hydrogen-bond acceptors (Lipinski definition) is 3. The number of hydrogen-bond donors (Lipinski definition) is 1. The molecule has 0 aliphatic rings. The summed E-state index contributed by atoms with van der Waals surface area (Å²) in [6, 6.07) is 6.53. The van der Waals surface area contributed by atoms with Gasteiger partial charge in [0.15, 0.2) is 0 Å². The molecular weight excluding hydrogens is 262 g/mol. The second kappa shape index (κ2) is 7.50. The largest absolute Gasteiger partial charge is 0.494 e. The highest BCUT2D eigenvalue weighted by Gasteiger charge is 2.13. The van der Waals surface area contributed by atoms with Gasteiger partial charge < -0.3 is 4.74 Å². The molecule has 5 heteroatoms. The van der Waals surface area contributed by atoms with E-state index in [-0.39, 0.29) is 10.8 Å². The summed E-state index contributed by atoms with van der Waals surface area (Å²) in [6.07, 6.45) is 2.07. The van der Waals surface area contributed by atoms with Crippen molar-refractivity contribution in [2.75, 3.05) is 13.2 Å². The molecule has 0 aromatic heterocycles. The smallest absolute Gasteiger partial charge is 0.240 e. The van der Waals surface area contributed by atoms with E-state index in [1.165, 1.54) is 0 Å². The SMILES string of the molecule is CCCCOc1ccc(S(=O)(=O)NCC(C)C)cc1. The van der Waals surface area contributed by atoms with Gasteiger partial charge in [-0.15, -0.1) is 0 Å². The van der Waals surface area contributed by atoms with Crippen molar-refractivity contribution in [3.63, 3.8) is 0 Å². The van der Waals surface area contributed by atoms with E-state index in [0.717, 1.165) is 12.8 Å². The Morgan fingerprint density at radius 2 is 1.84 bits per heavy atom. The van der Waals surface area contributed by atoms with Crippen molar-refractivity contribution in [1.29, 1.82) is 0 Å². The van der Waals surface area contributed by atoms with Gasteiger partial charge in [0.1, 0.15) is 5.75 Å². The molecule has 108 valence electrons. The minimum Gasteiger partial charge on any atom is -0.494 e. The van der Waals surface area contributed by atoms with Crippen LogP contribution in [-0.4, -0.2) is 21.6 Å². The van der Waals surface area contributed by atoms with Gasteiger partial charge in [0.2, 0.25) is 10.0 Å². The molecule has 0 aliphatic carbocycles. The lowest BCUT2D eigenvalue weighted by Crippen LogP contribution is -2.27. The van der Waals surface area contributed by atoms with Gasteiger partial charge >= 0.3 is 0 Å². The van der Waals surface area contributed by atoms with Crippen molar-refractivity contribution in [2.24, 2.45) is 5.92 Å². The number of ether oxygens (including phenoxy) is 1. The maximum atomic E-state index is 12.0. The van der Waals surface area contributed by atoms with Crippen LogP contribution in [0.25, 0.3) is 0 Å². The maximum Gasteiger partial charge on any atom is 0.240 e. The van der Waals surface area contributed by atoms with Gasteiger partial charge in [0.05, 0.1) is 11.5 Å². The third-order valence-corrected chi connectivity index (χ3v) is 4.02. The van der Waals surface area contributed by atoms with E-state index in [4.69, 9.17) is 4.74 Å². The van der Waals surface area contributed by atoms with Gasteiger partial charge in [0, 0.05) is 6.54 Å². The standard InChI is InChI=1S/C14H23NO3S/c1-4-5-10-18-13-6-8-14(9-7-13)19(16,17)15-11-12(2)3/h6-9,12,15H,4-5,10-11H2,1-3H3. The molecule has 0 unspecified atom stereocenters. The Balaban J connectivity index is 2.64. The lowest BCUT2D eigenvalue weighted by molar-refractivity contribution is 0.309. The average Bonchev–Trinajstić information content (AvgIpc) is 2.37. The molecular formula is C14H23NO3S. The van der Waals surface area contributed by atoms with Crippen LogP contribution in [0.1, 0.15) is 33.6 Å². The number of sulfonamides is 1. The Morgan fingerprint density at radius 3 is 2.37 bits per heavy atom. The summed E-state index contributed by atoms with van der Waals surface area (Å²) in [7, 11) is -3.40. The Bertz CT molecular complexity index is 466. The molecule has 0 fully saturated rings. The van der Waals surface area contributed by atoms with Crippen LogP contribution in [0.3, 0.4) is 0 Å². The summed E-state index contributed by atoms with van der Waals surface area (Å²) in [6.45, 7) is 7.13. The molecule has 0 amide bonds. The van der Waals surface area contributed by atoms with Gasteiger partial charge in [-0.05, 0) is 36.6 Å². The zero-order valence-corrected chi connectivity index (χ0v) is 12.7. The molecule has 0 bridgehead atoms. The fourth-order valence-corrected chi connectivity index (χ4v) is 2.62. The molecule has 1 rings (SSSR count). The molecule has 1 aromatic rings. The van der Waals surface area contributed by atoms with Gasteiger partial charge in [-0.2, -0.15) is 0 Å². The summed E-state index contributed by atoms with van der Waals surface area (Å²) in [4.78, 5) is 0.274. The zero-order chi connectivity index (χ0) is 14.3. The van der Waals surface area contributed by atoms with Crippen molar-refractivity contribution in [3.05, 3.63) is 24.3 Å². The Hall–Kier alpha value is -1.07. The molecule has 19 heavy (non-hydrogen) atoms. The molecule has 0 atom stereocenters. The molecule has 0 radical (unpaired) electrons. The fraction of sp³-hybridized carbons (Fsp3) is 0.571. The van der Waals surface area contributed by atoms with Crippen LogP contribution in [0.4, 0.5) is 0 Å². The van der Waals surface area contributed by atoms with Crippen LogP contribution < -0.4 is 9.46 Å². The number of rotatable bonds is 8. The number of benzene rings is 1. The summed E-state index contributed by atoms with van der Waals surface area (Å²) < 4.78 is 32.0. The van der Waals surface area contributed by atoms with Crippen LogP contribution in [0.2, 0.25) is 0 Å². The predicted octanol–water partition coefficient (Wildman–Crippen LogP) is 2.80. The van der Waals surface area contributed by atoms with Crippen molar-refractivity contribution in [2.45, 2.75) is 38.5 Å². The van der Waals surface area contributed by atoms with Crippen LogP contribution in [-0.2, 0) is 10.0 Å². The van der Waals surface area contributed by atoms with E-state index in [2.05, 4.69) is 11.6 Å². The third kappa shape index (κ3) is 5.61. The first kappa shape index (κ1) is 16.0. The highest BCUT2D eigenvalue weighted by atomic mass is 32.2. The second-order valence-corrected chi connectivity index (χ2v) is 6.69. The Labute approximate surface area is 116 Å². The summed E-state index contributed by atoms with van der Waals surface area (Å²) in [5.41, 5.74) is 0. The van der Waals surface area contributed by atoms with E-state index in [1.807, 2.05) is 13.8 Å². The van der Waals surface area contributed by atoms with E-state index < -0.39 is 10.0 Å². The van der Waals surface area contributed by atoms with Crippen LogP contribution in [0, 0.1) is 5.92 Å².